The molecule has 4 heterocycles. The van der Waals surface area contributed by atoms with Crippen LogP contribution in [0.25, 0.3) is 16.9 Å². The maximum absolute atomic E-state index is 10.1. The average Bonchev–Trinajstić information content (AvgIpc) is 3.28. The van der Waals surface area contributed by atoms with E-state index < -0.39 is 0 Å². The number of nitrogens with zero attached hydrogens (tertiary/aromatic N) is 4. The first-order chi connectivity index (χ1) is 14.2. The van der Waals surface area contributed by atoms with Crippen LogP contribution in [0.3, 0.4) is 0 Å². The van der Waals surface area contributed by atoms with Crippen molar-refractivity contribution in [1.82, 2.24) is 25.3 Å². The van der Waals surface area contributed by atoms with Gasteiger partial charge >= 0.3 is 0 Å². The number of nitrogens with one attached hydrogen (secondary N) is 2. The minimum absolute atomic E-state index is 0.193. The van der Waals surface area contributed by atoms with Gasteiger partial charge in [-0.3, -0.25) is 0 Å². The Bertz CT molecular complexity index is 987. The zero-order valence-electron chi connectivity index (χ0n) is 16.5. The van der Waals surface area contributed by atoms with Crippen LogP contribution in [0.4, 0.5) is 5.82 Å². The molecule has 2 bridgehead atoms. The van der Waals surface area contributed by atoms with Gasteiger partial charge in [-0.25, -0.2) is 4.68 Å². The van der Waals surface area contributed by atoms with Crippen LogP contribution in [0.15, 0.2) is 42.6 Å². The highest BCUT2D eigenvalue weighted by Gasteiger charge is 2.33. The minimum Gasteiger partial charge on any atom is -0.506 e. The molecule has 150 valence electrons. The number of aromatic nitrogens is 4. The van der Waals surface area contributed by atoms with Crippen LogP contribution < -0.4 is 10.6 Å². The molecule has 2 aliphatic rings. The van der Waals surface area contributed by atoms with Crippen LogP contribution in [0, 0.1) is 12.8 Å². The predicted octanol–water partition coefficient (Wildman–Crippen LogP) is 3.29. The van der Waals surface area contributed by atoms with E-state index in [-0.39, 0.29) is 5.75 Å². The summed E-state index contributed by atoms with van der Waals surface area (Å²) in [5.41, 5.74) is 3.16. The maximum Gasteiger partial charge on any atom is 0.148 e. The van der Waals surface area contributed by atoms with Crippen LogP contribution in [0.5, 0.6) is 5.75 Å². The number of aromatic hydroxyl groups is 1. The second kappa shape index (κ2) is 7.48. The Kier molecular flexibility index (Phi) is 4.67. The van der Waals surface area contributed by atoms with Gasteiger partial charge in [0.25, 0.3) is 0 Å². The smallest absolute Gasteiger partial charge is 0.148 e. The third kappa shape index (κ3) is 3.70. The molecule has 5 rings (SSSR count). The summed E-state index contributed by atoms with van der Waals surface area (Å²) in [4.78, 5) is 0. The van der Waals surface area contributed by atoms with Gasteiger partial charge in [0.2, 0.25) is 0 Å². The number of anilines is 1. The van der Waals surface area contributed by atoms with E-state index in [2.05, 4.69) is 25.9 Å². The predicted molar refractivity (Wildman–Crippen MR) is 112 cm³/mol. The van der Waals surface area contributed by atoms with E-state index in [1.54, 1.807) is 16.8 Å². The Hall–Kier alpha value is -2.93. The van der Waals surface area contributed by atoms with Gasteiger partial charge in [-0.1, -0.05) is 12.1 Å². The highest BCUT2D eigenvalue weighted by molar-refractivity contribution is 5.62. The molecule has 3 aromatic rings. The van der Waals surface area contributed by atoms with E-state index >= 15 is 0 Å². The average molecular weight is 390 g/mol. The number of rotatable bonds is 5. The van der Waals surface area contributed by atoms with E-state index in [9.17, 15) is 5.11 Å². The van der Waals surface area contributed by atoms with Crippen molar-refractivity contribution >= 4 is 5.82 Å². The Labute approximate surface area is 170 Å². The SMILES string of the molecule is Cc1nn(-c2ccccc2O)cc1-c1ccc(NCC2CC3CCC(C2)N3)nn1. The molecule has 2 aromatic heterocycles. The first-order valence-corrected chi connectivity index (χ1v) is 10.3. The highest BCUT2D eigenvalue weighted by atomic mass is 16.3. The topological polar surface area (TPSA) is 87.9 Å². The van der Waals surface area contributed by atoms with E-state index in [0.717, 1.165) is 29.3 Å². The van der Waals surface area contributed by atoms with Crippen LogP contribution in [-0.4, -0.2) is 43.7 Å². The molecule has 0 saturated carbocycles. The number of aryl methyl sites for hydroxylation is 1. The summed E-state index contributed by atoms with van der Waals surface area (Å²) in [6.07, 6.45) is 7.03. The molecule has 2 unspecified atom stereocenters. The molecule has 0 spiro atoms. The fourth-order valence-electron chi connectivity index (χ4n) is 4.65. The molecule has 1 aromatic carbocycles. The molecule has 2 atom stereocenters. The third-order valence-corrected chi connectivity index (χ3v) is 6.11. The van der Waals surface area contributed by atoms with Crippen LogP contribution in [0.1, 0.15) is 31.4 Å². The monoisotopic (exact) mass is 390 g/mol. The van der Waals surface area contributed by atoms with E-state index in [1.165, 1.54) is 25.7 Å². The first-order valence-electron chi connectivity index (χ1n) is 10.3. The van der Waals surface area contributed by atoms with Crippen molar-refractivity contribution in [2.24, 2.45) is 5.92 Å². The van der Waals surface area contributed by atoms with E-state index in [0.29, 0.717) is 23.7 Å². The van der Waals surface area contributed by atoms with Crippen molar-refractivity contribution in [3.05, 3.63) is 48.3 Å². The quantitative estimate of drug-likeness (QED) is 0.620. The number of phenols is 1. The van der Waals surface area contributed by atoms with Crippen LogP contribution >= 0.6 is 0 Å². The number of fused-ring (bicyclic) bond motifs is 2. The molecule has 3 N–H and O–H groups in total. The number of para-hydroxylation sites is 2. The highest BCUT2D eigenvalue weighted by Crippen LogP contribution is 2.31. The van der Waals surface area contributed by atoms with E-state index in [4.69, 9.17) is 0 Å². The summed E-state index contributed by atoms with van der Waals surface area (Å²) in [6, 6.07) is 12.5. The van der Waals surface area contributed by atoms with Gasteiger partial charge in [-0.05, 0) is 62.8 Å². The molecule has 7 heteroatoms. The summed E-state index contributed by atoms with van der Waals surface area (Å²) < 4.78 is 1.68. The molecule has 0 radical (unpaired) electrons. The van der Waals surface area contributed by atoms with Crippen molar-refractivity contribution in [2.75, 3.05) is 11.9 Å². The molecule has 29 heavy (non-hydrogen) atoms. The maximum atomic E-state index is 10.1. The normalized spacial score (nSPS) is 23.3. The Morgan fingerprint density at radius 3 is 2.62 bits per heavy atom. The number of phenolic OH excluding ortho intramolecular Hbond substituents is 1. The lowest BCUT2D eigenvalue weighted by Crippen LogP contribution is -2.40. The number of hydrogen-bond donors (Lipinski definition) is 3. The summed E-state index contributed by atoms with van der Waals surface area (Å²) in [5.74, 6) is 1.71. The molecule has 7 nitrogen and oxygen atoms in total. The van der Waals surface area contributed by atoms with Crippen molar-refractivity contribution in [3.63, 3.8) is 0 Å². The molecular weight excluding hydrogens is 364 g/mol. The van der Waals surface area contributed by atoms with Crippen molar-refractivity contribution in [1.29, 1.82) is 0 Å². The van der Waals surface area contributed by atoms with Gasteiger partial charge in [0.1, 0.15) is 17.3 Å². The van der Waals surface area contributed by atoms with Gasteiger partial charge in [0, 0.05) is 30.4 Å². The minimum atomic E-state index is 0.193. The number of benzene rings is 1. The second-order valence-electron chi connectivity index (χ2n) is 8.22. The molecule has 2 fully saturated rings. The largest absolute Gasteiger partial charge is 0.506 e. The number of piperidine rings is 1. The molecular formula is C22H26N6O. The summed E-state index contributed by atoms with van der Waals surface area (Å²) >= 11 is 0. The molecule has 2 aliphatic heterocycles. The Morgan fingerprint density at radius 1 is 1.10 bits per heavy atom. The van der Waals surface area contributed by atoms with E-state index in [1.807, 2.05) is 37.4 Å². The summed E-state index contributed by atoms with van der Waals surface area (Å²) in [7, 11) is 0. The van der Waals surface area contributed by atoms with Crippen LogP contribution in [0.2, 0.25) is 0 Å². The fourth-order valence-corrected chi connectivity index (χ4v) is 4.65. The summed E-state index contributed by atoms with van der Waals surface area (Å²) in [6.45, 7) is 2.89. The van der Waals surface area contributed by atoms with Crippen molar-refractivity contribution in [3.8, 4) is 22.7 Å². The second-order valence-corrected chi connectivity index (χ2v) is 8.22. The molecule has 2 saturated heterocycles. The van der Waals surface area contributed by atoms with Gasteiger partial charge in [-0.2, -0.15) is 5.10 Å². The molecule has 0 amide bonds. The van der Waals surface area contributed by atoms with Crippen molar-refractivity contribution < 1.29 is 5.11 Å². The zero-order valence-corrected chi connectivity index (χ0v) is 16.5. The zero-order chi connectivity index (χ0) is 19.8. The van der Waals surface area contributed by atoms with Gasteiger partial charge < -0.3 is 15.7 Å². The Morgan fingerprint density at radius 2 is 1.90 bits per heavy atom. The van der Waals surface area contributed by atoms with Gasteiger partial charge in [0.05, 0.1) is 11.4 Å². The van der Waals surface area contributed by atoms with Crippen LogP contribution in [-0.2, 0) is 0 Å². The Balaban J connectivity index is 1.27. The fraction of sp³-hybridized carbons (Fsp3) is 0.409. The standard InChI is InChI=1S/C22H26N6O/c1-14-18(13-28(27-14)20-4-2-3-5-21(20)29)19-8-9-22(26-25-19)23-12-15-10-16-6-7-17(11-15)24-16/h2-5,8-9,13,15-17,24,29H,6-7,10-12H2,1H3,(H,23,26). The first kappa shape index (κ1) is 18.1. The molecule has 0 aliphatic carbocycles. The number of hydrogen-bond acceptors (Lipinski definition) is 6. The lowest BCUT2D eigenvalue weighted by molar-refractivity contribution is 0.311. The van der Waals surface area contributed by atoms with Gasteiger partial charge in [-0.15, -0.1) is 10.2 Å². The third-order valence-electron chi connectivity index (χ3n) is 6.11. The van der Waals surface area contributed by atoms with Gasteiger partial charge in [0.15, 0.2) is 0 Å². The lowest BCUT2D eigenvalue weighted by atomic mass is 9.92. The van der Waals surface area contributed by atoms with Crippen molar-refractivity contribution in [2.45, 2.75) is 44.7 Å². The lowest BCUT2D eigenvalue weighted by Gasteiger charge is -2.29. The summed E-state index contributed by atoms with van der Waals surface area (Å²) in [5, 5.41) is 30.5.